The van der Waals surface area contributed by atoms with Gasteiger partial charge in [-0.15, -0.1) is 0 Å². The molecule has 2 rings (SSSR count). The summed E-state index contributed by atoms with van der Waals surface area (Å²) in [7, 11) is 0. The number of halogens is 3. The molecule has 0 aliphatic carbocycles. The van der Waals surface area contributed by atoms with Gasteiger partial charge in [0.25, 0.3) is 0 Å². The largest absolute Gasteiger partial charge is 0.384 e. The first-order chi connectivity index (χ1) is 8.91. The molecule has 0 amide bonds. The van der Waals surface area contributed by atoms with Crippen molar-refractivity contribution in [3.05, 3.63) is 67.9 Å². The van der Waals surface area contributed by atoms with Crippen LogP contribution in [0.25, 0.3) is 0 Å². The molecule has 0 heterocycles. The minimum absolute atomic E-state index is 0.186. The smallest absolute Gasteiger partial charge is 0.130 e. The molecule has 0 spiro atoms. The van der Waals surface area contributed by atoms with Gasteiger partial charge in [0.15, 0.2) is 0 Å². The first kappa shape index (κ1) is 14.5. The van der Waals surface area contributed by atoms with Crippen LogP contribution in [0, 0.1) is 19.7 Å². The summed E-state index contributed by atoms with van der Waals surface area (Å²) in [5.74, 6) is -0.480. The van der Waals surface area contributed by atoms with E-state index in [1.807, 2.05) is 32.0 Å². The molecular formula is C15H13BrClFO. The van der Waals surface area contributed by atoms with Crippen LogP contribution in [-0.4, -0.2) is 5.11 Å². The minimum Gasteiger partial charge on any atom is -0.384 e. The number of aryl methyl sites for hydroxylation is 2. The molecule has 0 radical (unpaired) electrons. The van der Waals surface area contributed by atoms with Crippen LogP contribution in [0.2, 0.25) is 5.02 Å². The average molecular weight is 344 g/mol. The maximum absolute atomic E-state index is 14.0. The maximum atomic E-state index is 14.0. The molecule has 0 aromatic heterocycles. The lowest BCUT2D eigenvalue weighted by atomic mass is 9.93. The van der Waals surface area contributed by atoms with Gasteiger partial charge >= 0.3 is 0 Å². The molecule has 0 aliphatic heterocycles. The average Bonchev–Trinajstić information content (AvgIpc) is 2.33. The van der Waals surface area contributed by atoms with Crippen LogP contribution in [0.1, 0.15) is 28.4 Å². The molecule has 0 saturated carbocycles. The zero-order valence-corrected chi connectivity index (χ0v) is 12.9. The molecule has 1 nitrogen and oxygen atoms in total. The van der Waals surface area contributed by atoms with Gasteiger partial charge in [-0.3, -0.25) is 0 Å². The van der Waals surface area contributed by atoms with Crippen LogP contribution >= 0.6 is 27.5 Å². The van der Waals surface area contributed by atoms with Crippen molar-refractivity contribution in [2.45, 2.75) is 20.0 Å². The fourth-order valence-electron chi connectivity index (χ4n) is 2.16. The van der Waals surface area contributed by atoms with E-state index in [0.717, 1.165) is 16.7 Å². The van der Waals surface area contributed by atoms with Crippen molar-refractivity contribution >= 4 is 27.5 Å². The van der Waals surface area contributed by atoms with E-state index in [2.05, 4.69) is 15.9 Å². The van der Waals surface area contributed by atoms with Crippen LogP contribution in [-0.2, 0) is 0 Å². The highest BCUT2D eigenvalue weighted by Gasteiger charge is 2.20. The lowest BCUT2D eigenvalue weighted by Crippen LogP contribution is -2.07. The Morgan fingerprint density at radius 3 is 2.37 bits per heavy atom. The van der Waals surface area contributed by atoms with E-state index >= 15 is 0 Å². The van der Waals surface area contributed by atoms with Gasteiger partial charge in [0.05, 0.1) is 5.02 Å². The van der Waals surface area contributed by atoms with Crippen molar-refractivity contribution in [2.24, 2.45) is 0 Å². The van der Waals surface area contributed by atoms with Crippen LogP contribution < -0.4 is 0 Å². The summed E-state index contributed by atoms with van der Waals surface area (Å²) < 4.78 is 14.5. The van der Waals surface area contributed by atoms with E-state index in [9.17, 15) is 9.50 Å². The number of benzene rings is 2. The molecule has 2 aromatic rings. The summed E-state index contributed by atoms with van der Waals surface area (Å²) in [6.07, 6.45) is -1.02. The monoisotopic (exact) mass is 342 g/mol. The van der Waals surface area contributed by atoms with Crippen LogP contribution in [0.3, 0.4) is 0 Å². The Balaban J connectivity index is 2.56. The Kier molecular flexibility index (Phi) is 4.29. The van der Waals surface area contributed by atoms with Gasteiger partial charge in [0.2, 0.25) is 0 Å². The van der Waals surface area contributed by atoms with Crippen molar-refractivity contribution in [1.82, 2.24) is 0 Å². The molecule has 0 aliphatic rings. The standard InChI is InChI=1S/C15H13BrClFO/c1-8-4-3-5-9(2)14(8)15(19)10-6-12(17)11(16)7-13(10)18/h3-7,15,19H,1-2H3. The molecular weight excluding hydrogens is 331 g/mol. The van der Waals surface area contributed by atoms with Crippen LogP contribution in [0.5, 0.6) is 0 Å². The molecule has 100 valence electrons. The van der Waals surface area contributed by atoms with E-state index in [-0.39, 0.29) is 5.56 Å². The van der Waals surface area contributed by atoms with Gasteiger partial charge in [0, 0.05) is 10.0 Å². The molecule has 19 heavy (non-hydrogen) atoms. The Bertz CT molecular complexity index is 608. The molecule has 2 aromatic carbocycles. The third-order valence-electron chi connectivity index (χ3n) is 3.15. The van der Waals surface area contributed by atoms with Gasteiger partial charge in [-0.05, 0) is 58.6 Å². The second-order valence-electron chi connectivity index (χ2n) is 4.50. The van der Waals surface area contributed by atoms with Crippen LogP contribution in [0.15, 0.2) is 34.8 Å². The number of rotatable bonds is 2. The second-order valence-corrected chi connectivity index (χ2v) is 5.76. The fourth-order valence-corrected chi connectivity index (χ4v) is 2.65. The predicted molar refractivity (Wildman–Crippen MR) is 79.1 cm³/mol. The summed E-state index contributed by atoms with van der Waals surface area (Å²) in [5.41, 5.74) is 2.75. The number of aliphatic hydroxyl groups is 1. The van der Waals surface area contributed by atoms with E-state index in [1.54, 1.807) is 0 Å². The minimum atomic E-state index is -1.02. The number of hydrogen-bond acceptors (Lipinski definition) is 1. The molecule has 4 heteroatoms. The highest BCUT2D eigenvalue weighted by molar-refractivity contribution is 9.10. The molecule has 1 N–H and O–H groups in total. The highest BCUT2D eigenvalue weighted by atomic mass is 79.9. The van der Waals surface area contributed by atoms with Crippen LogP contribution in [0.4, 0.5) is 4.39 Å². The molecule has 0 saturated heterocycles. The molecule has 1 unspecified atom stereocenters. The molecule has 0 bridgehead atoms. The summed E-state index contributed by atoms with van der Waals surface area (Å²) in [6.45, 7) is 3.79. The normalized spacial score (nSPS) is 12.5. The summed E-state index contributed by atoms with van der Waals surface area (Å²) in [6, 6.07) is 8.42. The molecule has 1 atom stereocenters. The Labute approximate surface area is 125 Å². The van der Waals surface area contributed by atoms with E-state index in [0.29, 0.717) is 9.50 Å². The third kappa shape index (κ3) is 2.83. The van der Waals surface area contributed by atoms with Gasteiger partial charge in [-0.25, -0.2) is 4.39 Å². The number of hydrogen-bond donors (Lipinski definition) is 1. The number of aliphatic hydroxyl groups excluding tert-OH is 1. The van der Waals surface area contributed by atoms with Gasteiger partial charge in [-0.1, -0.05) is 29.8 Å². The lowest BCUT2D eigenvalue weighted by Gasteiger charge is -2.18. The SMILES string of the molecule is Cc1cccc(C)c1C(O)c1cc(Cl)c(Br)cc1F. The Hall–Kier alpha value is -0.900. The van der Waals surface area contributed by atoms with Crippen molar-refractivity contribution in [1.29, 1.82) is 0 Å². The Morgan fingerprint density at radius 1 is 1.21 bits per heavy atom. The van der Waals surface area contributed by atoms with Crippen molar-refractivity contribution in [3.8, 4) is 0 Å². The summed E-state index contributed by atoms with van der Waals surface area (Å²) in [5, 5.41) is 10.8. The van der Waals surface area contributed by atoms with Crippen molar-refractivity contribution < 1.29 is 9.50 Å². The van der Waals surface area contributed by atoms with E-state index in [1.165, 1.54) is 12.1 Å². The quantitative estimate of drug-likeness (QED) is 0.766. The summed E-state index contributed by atoms with van der Waals surface area (Å²) >= 11 is 9.13. The predicted octanol–water partition coefficient (Wildman–Crippen LogP) is 4.94. The first-order valence-corrected chi connectivity index (χ1v) is 6.97. The molecule has 0 fully saturated rings. The second kappa shape index (κ2) is 5.61. The first-order valence-electron chi connectivity index (χ1n) is 5.80. The lowest BCUT2D eigenvalue weighted by molar-refractivity contribution is 0.213. The zero-order chi connectivity index (χ0) is 14.2. The van der Waals surface area contributed by atoms with Crippen molar-refractivity contribution in [3.63, 3.8) is 0 Å². The van der Waals surface area contributed by atoms with Gasteiger partial charge < -0.3 is 5.11 Å². The zero-order valence-electron chi connectivity index (χ0n) is 10.5. The third-order valence-corrected chi connectivity index (χ3v) is 4.35. The summed E-state index contributed by atoms with van der Waals surface area (Å²) in [4.78, 5) is 0. The Morgan fingerprint density at radius 2 is 1.79 bits per heavy atom. The van der Waals surface area contributed by atoms with E-state index in [4.69, 9.17) is 11.6 Å². The van der Waals surface area contributed by atoms with Crippen molar-refractivity contribution in [2.75, 3.05) is 0 Å². The fraction of sp³-hybridized carbons (Fsp3) is 0.200. The van der Waals surface area contributed by atoms with Gasteiger partial charge in [-0.2, -0.15) is 0 Å². The van der Waals surface area contributed by atoms with Gasteiger partial charge in [0.1, 0.15) is 11.9 Å². The van der Waals surface area contributed by atoms with E-state index < -0.39 is 11.9 Å². The highest BCUT2D eigenvalue weighted by Crippen LogP contribution is 2.33. The maximum Gasteiger partial charge on any atom is 0.130 e. The topological polar surface area (TPSA) is 20.2 Å².